The van der Waals surface area contributed by atoms with Crippen LogP contribution in [0.25, 0.3) is 6.08 Å². The van der Waals surface area contributed by atoms with Gasteiger partial charge in [0, 0.05) is 17.1 Å². The van der Waals surface area contributed by atoms with Crippen molar-refractivity contribution in [2.75, 3.05) is 13.1 Å². The van der Waals surface area contributed by atoms with Crippen LogP contribution in [0.2, 0.25) is 5.02 Å². The van der Waals surface area contributed by atoms with E-state index in [1.54, 1.807) is 12.1 Å². The van der Waals surface area contributed by atoms with Gasteiger partial charge in [-0.25, -0.2) is 4.39 Å². The second-order valence-electron chi connectivity index (χ2n) is 4.72. The highest BCUT2D eigenvalue weighted by Gasteiger charge is 2.06. The van der Waals surface area contributed by atoms with Gasteiger partial charge in [-0.05, 0) is 37.1 Å². The molecule has 0 aliphatic rings. The molecule has 0 aliphatic heterocycles. The molecule has 0 atom stereocenters. The monoisotopic (exact) mass is 269 g/mol. The fraction of sp³-hybridized carbons (Fsp3) is 0.467. The average Bonchev–Trinajstić information content (AvgIpc) is 2.32. The predicted molar refractivity (Wildman–Crippen MR) is 77.4 cm³/mol. The van der Waals surface area contributed by atoms with Crippen molar-refractivity contribution in [1.29, 1.82) is 0 Å². The van der Waals surface area contributed by atoms with Gasteiger partial charge in [0.25, 0.3) is 0 Å². The topological polar surface area (TPSA) is 12.0 Å². The molecule has 0 aromatic heterocycles. The summed E-state index contributed by atoms with van der Waals surface area (Å²) in [6.45, 7) is 8.12. The van der Waals surface area contributed by atoms with Gasteiger partial charge in [0.2, 0.25) is 0 Å². The maximum absolute atomic E-state index is 13.7. The largest absolute Gasteiger partial charge is 0.313 e. The molecule has 1 nitrogen and oxygen atoms in total. The Kier molecular flexibility index (Phi) is 6.37. The van der Waals surface area contributed by atoms with Gasteiger partial charge in [0.15, 0.2) is 0 Å². The number of hydrogen-bond donors (Lipinski definition) is 1. The predicted octanol–water partition coefficient (Wildman–Crippen LogP) is 4.52. The molecule has 1 aromatic carbocycles. The first-order chi connectivity index (χ1) is 8.54. The van der Waals surface area contributed by atoms with E-state index in [0.29, 0.717) is 16.5 Å². The summed E-state index contributed by atoms with van der Waals surface area (Å²) in [4.78, 5) is 0. The van der Waals surface area contributed by atoms with E-state index in [1.165, 1.54) is 11.6 Å². The molecular weight excluding hydrogens is 249 g/mol. The lowest BCUT2D eigenvalue weighted by molar-refractivity contribution is 0.623. The van der Waals surface area contributed by atoms with Crippen molar-refractivity contribution >= 4 is 17.7 Å². The van der Waals surface area contributed by atoms with E-state index in [-0.39, 0.29) is 5.82 Å². The van der Waals surface area contributed by atoms with Crippen LogP contribution in [0, 0.1) is 11.7 Å². The van der Waals surface area contributed by atoms with Crippen LogP contribution in [0.4, 0.5) is 4.39 Å². The average molecular weight is 270 g/mol. The van der Waals surface area contributed by atoms with Gasteiger partial charge in [0.1, 0.15) is 5.82 Å². The number of benzene rings is 1. The molecule has 0 amide bonds. The molecule has 0 radical (unpaired) electrons. The molecule has 0 heterocycles. The molecule has 0 unspecified atom stereocenters. The van der Waals surface area contributed by atoms with Crippen LogP contribution in [0.5, 0.6) is 0 Å². The summed E-state index contributed by atoms with van der Waals surface area (Å²) in [5.41, 5.74) is 1.74. The normalized spacial score (nSPS) is 12.2. The summed E-state index contributed by atoms with van der Waals surface area (Å²) in [5, 5.41) is 3.91. The zero-order chi connectivity index (χ0) is 13.5. The Balaban J connectivity index is 2.89. The molecule has 0 saturated carbocycles. The lowest BCUT2D eigenvalue weighted by Crippen LogP contribution is -2.20. The third-order valence-corrected chi connectivity index (χ3v) is 3.03. The molecule has 0 bridgehead atoms. The smallest absolute Gasteiger partial charge is 0.130 e. The summed E-state index contributed by atoms with van der Waals surface area (Å²) in [5.74, 6) is 0.153. The van der Waals surface area contributed by atoms with Gasteiger partial charge in [-0.2, -0.15) is 0 Å². The van der Waals surface area contributed by atoms with E-state index >= 15 is 0 Å². The van der Waals surface area contributed by atoms with Gasteiger partial charge in [-0.3, -0.25) is 0 Å². The molecule has 18 heavy (non-hydrogen) atoms. The van der Waals surface area contributed by atoms with Crippen molar-refractivity contribution in [2.45, 2.75) is 27.2 Å². The van der Waals surface area contributed by atoms with Gasteiger partial charge in [0.05, 0.1) is 0 Å². The van der Waals surface area contributed by atoms with Crippen molar-refractivity contribution in [3.63, 3.8) is 0 Å². The number of rotatable bonds is 6. The van der Waals surface area contributed by atoms with Gasteiger partial charge in [-0.1, -0.05) is 44.0 Å². The Bertz CT molecular complexity index is 413. The fourth-order valence-electron chi connectivity index (χ4n) is 1.66. The lowest BCUT2D eigenvalue weighted by atomic mass is 10.00. The summed E-state index contributed by atoms with van der Waals surface area (Å²) >= 11 is 5.90. The minimum Gasteiger partial charge on any atom is -0.313 e. The minimum atomic E-state index is -0.229. The second kappa shape index (κ2) is 7.55. The molecule has 1 aromatic rings. The molecule has 0 spiro atoms. The van der Waals surface area contributed by atoms with E-state index in [2.05, 4.69) is 26.1 Å². The van der Waals surface area contributed by atoms with Crippen molar-refractivity contribution < 1.29 is 4.39 Å². The highest BCUT2D eigenvalue weighted by Crippen LogP contribution is 2.20. The van der Waals surface area contributed by atoms with Crippen LogP contribution >= 0.6 is 11.6 Å². The highest BCUT2D eigenvalue weighted by atomic mass is 35.5. The maximum Gasteiger partial charge on any atom is 0.130 e. The van der Waals surface area contributed by atoms with Crippen LogP contribution in [-0.4, -0.2) is 13.1 Å². The number of hydrogen-bond acceptors (Lipinski definition) is 1. The molecule has 0 aliphatic carbocycles. The van der Waals surface area contributed by atoms with E-state index < -0.39 is 0 Å². The Morgan fingerprint density at radius 1 is 1.44 bits per heavy atom. The molecule has 0 saturated heterocycles. The molecule has 0 fully saturated rings. The summed E-state index contributed by atoms with van der Waals surface area (Å²) in [6, 6.07) is 4.64. The first-order valence-electron chi connectivity index (χ1n) is 6.40. The number of nitrogens with one attached hydrogen (secondary N) is 1. The maximum atomic E-state index is 13.7. The first-order valence-corrected chi connectivity index (χ1v) is 6.78. The van der Waals surface area contributed by atoms with E-state index in [4.69, 9.17) is 11.6 Å². The summed E-state index contributed by atoms with van der Waals surface area (Å²) in [7, 11) is 0. The molecule has 3 heteroatoms. The van der Waals surface area contributed by atoms with E-state index in [1.807, 2.05) is 6.08 Å². The molecule has 1 N–H and O–H groups in total. The van der Waals surface area contributed by atoms with Crippen LogP contribution in [0.3, 0.4) is 0 Å². The van der Waals surface area contributed by atoms with E-state index in [9.17, 15) is 4.39 Å². The SMILES string of the molecule is CCCNC/C(=C/c1cc(Cl)ccc1F)C(C)C. The van der Waals surface area contributed by atoms with Crippen molar-refractivity contribution in [3.8, 4) is 0 Å². The van der Waals surface area contributed by atoms with Crippen LogP contribution in [0.1, 0.15) is 32.8 Å². The third kappa shape index (κ3) is 4.79. The van der Waals surface area contributed by atoms with Gasteiger partial charge >= 0.3 is 0 Å². The van der Waals surface area contributed by atoms with E-state index in [0.717, 1.165) is 19.5 Å². The number of halogens is 2. The third-order valence-electron chi connectivity index (χ3n) is 2.80. The van der Waals surface area contributed by atoms with Crippen LogP contribution in [-0.2, 0) is 0 Å². The fourth-order valence-corrected chi connectivity index (χ4v) is 1.84. The van der Waals surface area contributed by atoms with Gasteiger partial charge in [-0.15, -0.1) is 0 Å². The van der Waals surface area contributed by atoms with Crippen molar-refractivity contribution in [2.24, 2.45) is 5.92 Å². The Morgan fingerprint density at radius 3 is 2.78 bits per heavy atom. The quantitative estimate of drug-likeness (QED) is 0.749. The summed E-state index contributed by atoms with van der Waals surface area (Å²) in [6.07, 6.45) is 2.99. The van der Waals surface area contributed by atoms with Gasteiger partial charge < -0.3 is 5.32 Å². The molecule has 1 rings (SSSR count). The Morgan fingerprint density at radius 2 is 2.17 bits per heavy atom. The minimum absolute atomic E-state index is 0.229. The Hall–Kier alpha value is -0.860. The second-order valence-corrected chi connectivity index (χ2v) is 5.15. The lowest BCUT2D eigenvalue weighted by Gasteiger charge is -2.13. The zero-order valence-corrected chi connectivity index (χ0v) is 12.0. The highest BCUT2D eigenvalue weighted by molar-refractivity contribution is 6.30. The zero-order valence-electron chi connectivity index (χ0n) is 11.3. The molecule has 100 valence electrons. The molecular formula is C15H21ClFN. The standard InChI is InChI=1S/C15H21ClFN/c1-4-7-18-10-13(11(2)3)8-12-9-14(16)5-6-15(12)17/h5-6,8-9,11,18H,4,7,10H2,1-3H3/b13-8-. The van der Waals surface area contributed by atoms with Crippen molar-refractivity contribution in [3.05, 3.63) is 40.2 Å². The Labute approximate surface area is 114 Å². The first kappa shape index (κ1) is 15.2. The van der Waals surface area contributed by atoms with Crippen LogP contribution in [0.15, 0.2) is 23.8 Å². The van der Waals surface area contributed by atoms with Crippen molar-refractivity contribution in [1.82, 2.24) is 5.32 Å². The summed E-state index contributed by atoms with van der Waals surface area (Å²) < 4.78 is 13.7. The van der Waals surface area contributed by atoms with Crippen LogP contribution < -0.4 is 5.32 Å².